The van der Waals surface area contributed by atoms with E-state index in [-0.39, 0.29) is 6.10 Å². The first-order chi connectivity index (χ1) is 8.25. The third-order valence-electron chi connectivity index (χ3n) is 2.19. The predicted octanol–water partition coefficient (Wildman–Crippen LogP) is 3.61. The fraction of sp³-hybridized carbons (Fsp3) is 0.214. The van der Waals surface area contributed by atoms with Gasteiger partial charge < -0.3 is 10.1 Å². The highest BCUT2D eigenvalue weighted by molar-refractivity contribution is 5.65. The van der Waals surface area contributed by atoms with Crippen LogP contribution in [0, 0.1) is 0 Å². The van der Waals surface area contributed by atoms with Gasteiger partial charge in [0.05, 0.1) is 23.7 Å². The summed E-state index contributed by atoms with van der Waals surface area (Å²) in [4.78, 5) is 4.07. The Morgan fingerprint density at radius 1 is 1.12 bits per heavy atom. The first-order valence-corrected chi connectivity index (χ1v) is 5.68. The van der Waals surface area contributed by atoms with Gasteiger partial charge >= 0.3 is 0 Å². The second-order valence-corrected chi connectivity index (χ2v) is 4.03. The molecule has 3 nitrogen and oxygen atoms in total. The van der Waals surface area contributed by atoms with Crippen molar-refractivity contribution < 1.29 is 4.74 Å². The van der Waals surface area contributed by atoms with Crippen molar-refractivity contribution in [3.63, 3.8) is 0 Å². The molecule has 0 aliphatic carbocycles. The predicted molar refractivity (Wildman–Crippen MR) is 69.7 cm³/mol. The second-order valence-electron chi connectivity index (χ2n) is 4.03. The molecule has 1 aromatic heterocycles. The lowest BCUT2D eigenvalue weighted by atomic mass is 10.2. The zero-order valence-electron chi connectivity index (χ0n) is 10.1. The summed E-state index contributed by atoms with van der Waals surface area (Å²) in [5.74, 6) is 0.853. The highest BCUT2D eigenvalue weighted by atomic mass is 16.5. The largest absolute Gasteiger partial charge is 0.489 e. The Bertz CT molecular complexity index is 469. The molecule has 0 saturated carbocycles. The minimum atomic E-state index is 0.159. The van der Waals surface area contributed by atoms with E-state index in [1.807, 2.05) is 50.2 Å². The SMILES string of the molecule is CC(C)Oc1ccccc1Nc1cccnc1. The van der Waals surface area contributed by atoms with Crippen LogP contribution in [0.15, 0.2) is 48.8 Å². The van der Waals surface area contributed by atoms with Crippen LogP contribution in [0.25, 0.3) is 0 Å². The van der Waals surface area contributed by atoms with Gasteiger partial charge in [-0.3, -0.25) is 4.98 Å². The minimum absolute atomic E-state index is 0.159. The highest BCUT2D eigenvalue weighted by Gasteiger charge is 2.04. The Labute approximate surface area is 101 Å². The molecule has 1 aromatic carbocycles. The van der Waals surface area contributed by atoms with Crippen molar-refractivity contribution >= 4 is 11.4 Å². The number of para-hydroxylation sites is 2. The lowest BCUT2D eigenvalue weighted by molar-refractivity contribution is 0.244. The van der Waals surface area contributed by atoms with Gasteiger partial charge in [-0.15, -0.1) is 0 Å². The fourth-order valence-electron chi connectivity index (χ4n) is 1.52. The second kappa shape index (κ2) is 5.34. The molecule has 0 aliphatic heterocycles. The Balaban J connectivity index is 2.20. The van der Waals surface area contributed by atoms with Gasteiger partial charge in [-0.1, -0.05) is 12.1 Å². The van der Waals surface area contributed by atoms with E-state index < -0.39 is 0 Å². The zero-order valence-corrected chi connectivity index (χ0v) is 10.1. The highest BCUT2D eigenvalue weighted by Crippen LogP contribution is 2.27. The van der Waals surface area contributed by atoms with Crippen molar-refractivity contribution in [3.8, 4) is 5.75 Å². The maximum absolute atomic E-state index is 5.73. The quantitative estimate of drug-likeness (QED) is 0.868. The summed E-state index contributed by atoms with van der Waals surface area (Å²) in [6.07, 6.45) is 3.69. The van der Waals surface area contributed by atoms with Crippen LogP contribution < -0.4 is 10.1 Å². The molecule has 0 atom stereocenters. The van der Waals surface area contributed by atoms with Crippen LogP contribution in [-0.2, 0) is 0 Å². The number of benzene rings is 1. The summed E-state index contributed by atoms with van der Waals surface area (Å²) in [6.45, 7) is 4.03. The summed E-state index contributed by atoms with van der Waals surface area (Å²) < 4.78 is 5.73. The van der Waals surface area contributed by atoms with E-state index in [0.717, 1.165) is 17.1 Å². The monoisotopic (exact) mass is 228 g/mol. The Hall–Kier alpha value is -2.03. The van der Waals surface area contributed by atoms with E-state index in [9.17, 15) is 0 Å². The first-order valence-electron chi connectivity index (χ1n) is 5.68. The van der Waals surface area contributed by atoms with E-state index in [0.29, 0.717) is 0 Å². The fourth-order valence-corrected chi connectivity index (χ4v) is 1.52. The molecule has 2 rings (SSSR count). The molecule has 0 radical (unpaired) electrons. The van der Waals surface area contributed by atoms with Crippen LogP contribution in [-0.4, -0.2) is 11.1 Å². The van der Waals surface area contributed by atoms with E-state index in [2.05, 4.69) is 10.3 Å². The van der Waals surface area contributed by atoms with Crippen molar-refractivity contribution in [2.75, 3.05) is 5.32 Å². The molecule has 0 amide bonds. The van der Waals surface area contributed by atoms with Crippen LogP contribution in [0.5, 0.6) is 5.75 Å². The molecule has 0 unspecified atom stereocenters. The van der Waals surface area contributed by atoms with Crippen molar-refractivity contribution in [1.82, 2.24) is 4.98 Å². The normalized spacial score (nSPS) is 10.3. The lowest BCUT2D eigenvalue weighted by Crippen LogP contribution is -2.07. The Kier molecular flexibility index (Phi) is 3.60. The van der Waals surface area contributed by atoms with Crippen LogP contribution in [0.2, 0.25) is 0 Å². The van der Waals surface area contributed by atoms with Crippen LogP contribution >= 0.6 is 0 Å². The molecule has 3 heteroatoms. The van der Waals surface area contributed by atoms with Crippen LogP contribution in [0.1, 0.15) is 13.8 Å². The Morgan fingerprint density at radius 3 is 2.65 bits per heavy atom. The van der Waals surface area contributed by atoms with Gasteiger partial charge in [-0.05, 0) is 38.1 Å². The number of aromatic nitrogens is 1. The maximum atomic E-state index is 5.73. The number of hydrogen-bond donors (Lipinski definition) is 1. The molecule has 17 heavy (non-hydrogen) atoms. The van der Waals surface area contributed by atoms with E-state index in [1.165, 1.54) is 0 Å². The zero-order chi connectivity index (χ0) is 12.1. The van der Waals surface area contributed by atoms with Gasteiger partial charge in [-0.25, -0.2) is 0 Å². The van der Waals surface area contributed by atoms with E-state index in [4.69, 9.17) is 4.74 Å². The van der Waals surface area contributed by atoms with Crippen molar-refractivity contribution in [1.29, 1.82) is 0 Å². The van der Waals surface area contributed by atoms with Gasteiger partial charge in [0.15, 0.2) is 0 Å². The molecule has 0 saturated heterocycles. The lowest BCUT2D eigenvalue weighted by Gasteiger charge is -2.15. The van der Waals surface area contributed by atoms with Gasteiger partial charge in [-0.2, -0.15) is 0 Å². The van der Waals surface area contributed by atoms with Gasteiger partial charge in [0.1, 0.15) is 5.75 Å². The molecule has 2 aromatic rings. The minimum Gasteiger partial charge on any atom is -0.489 e. The average Bonchev–Trinajstić information content (AvgIpc) is 2.32. The number of nitrogens with zero attached hydrogens (tertiary/aromatic N) is 1. The molecule has 0 bridgehead atoms. The summed E-state index contributed by atoms with van der Waals surface area (Å²) >= 11 is 0. The number of anilines is 2. The van der Waals surface area contributed by atoms with E-state index in [1.54, 1.807) is 12.4 Å². The maximum Gasteiger partial charge on any atom is 0.143 e. The molecular weight excluding hydrogens is 212 g/mol. The summed E-state index contributed by atoms with van der Waals surface area (Å²) in [5.41, 5.74) is 1.90. The molecular formula is C14H16N2O. The first kappa shape index (κ1) is 11.5. The number of rotatable bonds is 4. The molecule has 0 aliphatic rings. The summed E-state index contributed by atoms with van der Waals surface area (Å²) in [5, 5.41) is 3.29. The molecule has 1 N–H and O–H groups in total. The summed E-state index contributed by atoms with van der Waals surface area (Å²) in [7, 11) is 0. The topological polar surface area (TPSA) is 34.1 Å². The Morgan fingerprint density at radius 2 is 1.94 bits per heavy atom. The standard InChI is InChI=1S/C14H16N2O/c1-11(2)17-14-8-4-3-7-13(14)16-12-6-5-9-15-10-12/h3-11,16H,1-2H3. The molecule has 1 heterocycles. The number of hydrogen-bond acceptors (Lipinski definition) is 3. The smallest absolute Gasteiger partial charge is 0.143 e. The molecule has 0 fully saturated rings. The van der Waals surface area contributed by atoms with Gasteiger partial charge in [0, 0.05) is 6.20 Å². The third kappa shape index (κ3) is 3.21. The number of ether oxygens (including phenoxy) is 1. The van der Waals surface area contributed by atoms with Crippen molar-refractivity contribution in [3.05, 3.63) is 48.8 Å². The number of pyridine rings is 1. The van der Waals surface area contributed by atoms with E-state index >= 15 is 0 Å². The number of nitrogens with one attached hydrogen (secondary N) is 1. The summed E-state index contributed by atoms with van der Waals surface area (Å²) in [6, 6.07) is 11.8. The van der Waals surface area contributed by atoms with Crippen molar-refractivity contribution in [2.45, 2.75) is 20.0 Å². The van der Waals surface area contributed by atoms with Gasteiger partial charge in [0.2, 0.25) is 0 Å². The average molecular weight is 228 g/mol. The van der Waals surface area contributed by atoms with Gasteiger partial charge in [0.25, 0.3) is 0 Å². The van der Waals surface area contributed by atoms with Crippen LogP contribution in [0.4, 0.5) is 11.4 Å². The van der Waals surface area contributed by atoms with Crippen LogP contribution in [0.3, 0.4) is 0 Å². The molecule has 0 spiro atoms. The molecule has 88 valence electrons. The third-order valence-corrected chi connectivity index (χ3v) is 2.19. The van der Waals surface area contributed by atoms with Crippen molar-refractivity contribution in [2.24, 2.45) is 0 Å².